The first-order valence-electron chi connectivity index (χ1n) is 5.62. The molecule has 17 heavy (non-hydrogen) atoms. The van der Waals surface area contributed by atoms with Crippen molar-refractivity contribution in [2.24, 2.45) is 11.7 Å². The van der Waals surface area contributed by atoms with Crippen LogP contribution in [0.5, 0.6) is 0 Å². The van der Waals surface area contributed by atoms with Gasteiger partial charge in [-0.25, -0.2) is 0 Å². The van der Waals surface area contributed by atoms with Crippen LogP contribution in [-0.4, -0.2) is 12.6 Å². The van der Waals surface area contributed by atoms with Crippen LogP contribution in [0, 0.1) is 5.92 Å². The van der Waals surface area contributed by atoms with Gasteiger partial charge < -0.3 is 10.5 Å². The highest BCUT2D eigenvalue weighted by Gasteiger charge is 2.14. The molecule has 0 aromatic heterocycles. The van der Waals surface area contributed by atoms with Gasteiger partial charge in [0.15, 0.2) is 0 Å². The summed E-state index contributed by atoms with van der Waals surface area (Å²) >= 11 is 0. The van der Waals surface area contributed by atoms with E-state index in [0.717, 1.165) is 11.1 Å². The third-order valence-corrected chi connectivity index (χ3v) is 2.46. The second kappa shape index (κ2) is 8.09. The van der Waals surface area contributed by atoms with Crippen LogP contribution >= 0.6 is 12.4 Å². The van der Waals surface area contributed by atoms with Crippen molar-refractivity contribution >= 4 is 18.4 Å². The number of hydrogen-bond donors (Lipinski definition) is 1. The first-order chi connectivity index (χ1) is 7.67. The van der Waals surface area contributed by atoms with Crippen molar-refractivity contribution in [1.29, 1.82) is 0 Å². The highest BCUT2D eigenvalue weighted by atomic mass is 35.5. The maximum absolute atomic E-state index is 11.5. The number of benzene rings is 1. The number of halogens is 1. The standard InChI is InChI=1S/C13H19NO2.ClH/c1-3-16-13(15)10(2)7-11-5-4-6-12(8-11)9-14;/h4-6,8,10H,3,7,9,14H2,1-2H3;1H. The van der Waals surface area contributed by atoms with Gasteiger partial charge in [-0.05, 0) is 24.5 Å². The van der Waals surface area contributed by atoms with Crippen LogP contribution in [0.1, 0.15) is 25.0 Å². The molecule has 3 nitrogen and oxygen atoms in total. The van der Waals surface area contributed by atoms with Gasteiger partial charge in [-0.3, -0.25) is 4.79 Å². The molecule has 0 heterocycles. The second-order valence-electron chi connectivity index (χ2n) is 3.88. The van der Waals surface area contributed by atoms with E-state index in [-0.39, 0.29) is 24.3 Å². The van der Waals surface area contributed by atoms with E-state index in [2.05, 4.69) is 0 Å². The summed E-state index contributed by atoms with van der Waals surface area (Å²) in [6.07, 6.45) is 0.701. The van der Waals surface area contributed by atoms with Crippen molar-refractivity contribution < 1.29 is 9.53 Å². The third-order valence-electron chi connectivity index (χ3n) is 2.46. The number of hydrogen-bond acceptors (Lipinski definition) is 3. The zero-order chi connectivity index (χ0) is 12.0. The Morgan fingerprint density at radius 1 is 1.41 bits per heavy atom. The predicted octanol–water partition coefficient (Wildman–Crippen LogP) is 2.31. The summed E-state index contributed by atoms with van der Waals surface area (Å²) in [5.41, 5.74) is 7.78. The Bertz CT molecular complexity index is 355. The molecule has 0 saturated carbocycles. The molecule has 0 aliphatic carbocycles. The SMILES string of the molecule is CCOC(=O)C(C)Cc1cccc(CN)c1.Cl. The number of carbonyl (C=O) groups excluding carboxylic acids is 1. The van der Waals surface area contributed by atoms with Crippen LogP contribution in [0.15, 0.2) is 24.3 Å². The number of nitrogens with two attached hydrogens (primary N) is 1. The molecule has 0 bridgehead atoms. The van der Waals surface area contributed by atoms with Crippen molar-refractivity contribution in [3.63, 3.8) is 0 Å². The maximum Gasteiger partial charge on any atom is 0.308 e. The topological polar surface area (TPSA) is 52.3 Å². The zero-order valence-corrected chi connectivity index (χ0v) is 11.1. The van der Waals surface area contributed by atoms with Gasteiger partial charge in [-0.1, -0.05) is 31.2 Å². The lowest BCUT2D eigenvalue weighted by Gasteiger charge is -2.10. The molecule has 4 heteroatoms. The Hall–Kier alpha value is -1.06. The van der Waals surface area contributed by atoms with Gasteiger partial charge in [0, 0.05) is 6.54 Å². The molecule has 1 aromatic carbocycles. The van der Waals surface area contributed by atoms with Crippen LogP contribution in [-0.2, 0) is 22.5 Å². The summed E-state index contributed by atoms with van der Waals surface area (Å²) in [5, 5.41) is 0. The van der Waals surface area contributed by atoms with Crippen LogP contribution < -0.4 is 5.73 Å². The smallest absolute Gasteiger partial charge is 0.308 e. The largest absolute Gasteiger partial charge is 0.466 e. The Balaban J connectivity index is 0.00000256. The summed E-state index contributed by atoms with van der Waals surface area (Å²) in [6, 6.07) is 8.00. The van der Waals surface area contributed by atoms with Gasteiger partial charge in [-0.15, -0.1) is 12.4 Å². The molecule has 0 spiro atoms. The van der Waals surface area contributed by atoms with Crippen LogP contribution in [0.4, 0.5) is 0 Å². The van der Waals surface area contributed by atoms with Gasteiger partial charge in [0.2, 0.25) is 0 Å². The fourth-order valence-electron chi connectivity index (χ4n) is 1.61. The van der Waals surface area contributed by atoms with E-state index in [9.17, 15) is 4.79 Å². The number of rotatable bonds is 5. The summed E-state index contributed by atoms with van der Waals surface area (Å²) in [6.45, 7) is 4.67. The lowest BCUT2D eigenvalue weighted by molar-refractivity contribution is -0.147. The fourth-order valence-corrected chi connectivity index (χ4v) is 1.61. The molecule has 1 atom stereocenters. The fraction of sp³-hybridized carbons (Fsp3) is 0.462. The van der Waals surface area contributed by atoms with Crippen LogP contribution in [0.3, 0.4) is 0 Å². The van der Waals surface area contributed by atoms with E-state index >= 15 is 0 Å². The van der Waals surface area contributed by atoms with E-state index < -0.39 is 0 Å². The minimum Gasteiger partial charge on any atom is -0.466 e. The third kappa shape index (κ3) is 5.20. The van der Waals surface area contributed by atoms with E-state index in [0.29, 0.717) is 19.6 Å². The molecule has 0 saturated heterocycles. The molecule has 1 aromatic rings. The van der Waals surface area contributed by atoms with Gasteiger partial charge in [0.1, 0.15) is 0 Å². The average molecular weight is 258 g/mol. The molecule has 0 radical (unpaired) electrons. The summed E-state index contributed by atoms with van der Waals surface area (Å²) in [4.78, 5) is 11.5. The Morgan fingerprint density at radius 2 is 2.06 bits per heavy atom. The monoisotopic (exact) mass is 257 g/mol. The molecular weight excluding hydrogens is 238 g/mol. The Kier molecular flexibility index (Phi) is 7.59. The lowest BCUT2D eigenvalue weighted by atomic mass is 10.00. The molecule has 2 N–H and O–H groups in total. The normalized spacial score (nSPS) is 11.5. The molecule has 96 valence electrons. The summed E-state index contributed by atoms with van der Waals surface area (Å²) in [7, 11) is 0. The molecule has 1 unspecified atom stereocenters. The van der Waals surface area contributed by atoms with Crippen molar-refractivity contribution in [2.45, 2.75) is 26.8 Å². The van der Waals surface area contributed by atoms with E-state index in [1.165, 1.54) is 0 Å². The molecule has 0 fully saturated rings. The number of carbonyl (C=O) groups is 1. The van der Waals surface area contributed by atoms with E-state index in [1.54, 1.807) is 0 Å². The van der Waals surface area contributed by atoms with E-state index in [1.807, 2.05) is 38.1 Å². The lowest BCUT2D eigenvalue weighted by Crippen LogP contribution is -2.17. The van der Waals surface area contributed by atoms with Gasteiger partial charge in [-0.2, -0.15) is 0 Å². The van der Waals surface area contributed by atoms with Crippen LogP contribution in [0.2, 0.25) is 0 Å². The quantitative estimate of drug-likeness (QED) is 0.824. The Labute approximate surface area is 109 Å². The molecule has 0 aliphatic heterocycles. The summed E-state index contributed by atoms with van der Waals surface area (Å²) in [5.74, 6) is -0.242. The van der Waals surface area contributed by atoms with Gasteiger partial charge in [0.05, 0.1) is 12.5 Å². The van der Waals surface area contributed by atoms with Crippen LogP contribution in [0.25, 0.3) is 0 Å². The predicted molar refractivity (Wildman–Crippen MR) is 71.1 cm³/mol. The van der Waals surface area contributed by atoms with E-state index in [4.69, 9.17) is 10.5 Å². The molecular formula is C13H20ClNO2. The van der Waals surface area contributed by atoms with Gasteiger partial charge >= 0.3 is 5.97 Å². The van der Waals surface area contributed by atoms with Crippen molar-refractivity contribution in [2.75, 3.05) is 6.61 Å². The summed E-state index contributed by atoms with van der Waals surface area (Å²) < 4.78 is 4.97. The second-order valence-corrected chi connectivity index (χ2v) is 3.88. The maximum atomic E-state index is 11.5. The van der Waals surface area contributed by atoms with Crippen molar-refractivity contribution in [3.05, 3.63) is 35.4 Å². The molecule has 0 aliphatic rings. The average Bonchev–Trinajstić information content (AvgIpc) is 2.29. The van der Waals surface area contributed by atoms with Crippen molar-refractivity contribution in [1.82, 2.24) is 0 Å². The first kappa shape index (κ1) is 15.9. The minimum absolute atomic E-state index is 0. The molecule has 0 amide bonds. The van der Waals surface area contributed by atoms with Gasteiger partial charge in [0.25, 0.3) is 0 Å². The Morgan fingerprint density at radius 3 is 2.65 bits per heavy atom. The number of esters is 1. The van der Waals surface area contributed by atoms with Crippen molar-refractivity contribution in [3.8, 4) is 0 Å². The minimum atomic E-state index is -0.138. The zero-order valence-electron chi connectivity index (χ0n) is 10.3. The molecule has 1 rings (SSSR count). The highest BCUT2D eigenvalue weighted by Crippen LogP contribution is 2.12. The first-order valence-corrected chi connectivity index (χ1v) is 5.62. The number of ether oxygens (including phenoxy) is 1. The highest BCUT2D eigenvalue weighted by molar-refractivity contribution is 5.85.